The van der Waals surface area contributed by atoms with Crippen LogP contribution in [-0.4, -0.2) is 25.0 Å². The molecule has 0 aliphatic heterocycles. The second-order valence-corrected chi connectivity index (χ2v) is 5.08. The molecular formula is C13H21ClN2. The van der Waals surface area contributed by atoms with Gasteiger partial charge < -0.3 is 5.73 Å². The van der Waals surface area contributed by atoms with E-state index < -0.39 is 0 Å². The first-order chi connectivity index (χ1) is 7.54. The molecule has 0 aromatic heterocycles. The lowest BCUT2D eigenvalue weighted by Crippen LogP contribution is -2.33. The molecule has 1 aromatic carbocycles. The summed E-state index contributed by atoms with van der Waals surface area (Å²) in [5, 5.41) is 0.772. The average molecular weight is 241 g/mol. The van der Waals surface area contributed by atoms with E-state index >= 15 is 0 Å². The number of nitrogens with zero attached hydrogens (tertiary/aromatic N) is 1. The molecule has 2 nitrogen and oxygen atoms in total. The fourth-order valence-corrected chi connectivity index (χ4v) is 2.19. The number of nitrogens with two attached hydrogens (primary N) is 1. The number of benzene rings is 1. The van der Waals surface area contributed by atoms with Crippen LogP contribution in [0.5, 0.6) is 0 Å². The van der Waals surface area contributed by atoms with E-state index in [0.29, 0.717) is 12.5 Å². The largest absolute Gasteiger partial charge is 0.329 e. The zero-order valence-corrected chi connectivity index (χ0v) is 11.0. The number of hydrogen-bond donors (Lipinski definition) is 1. The van der Waals surface area contributed by atoms with Gasteiger partial charge >= 0.3 is 0 Å². The lowest BCUT2D eigenvalue weighted by Gasteiger charge is -2.28. The highest BCUT2D eigenvalue weighted by Crippen LogP contribution is 2.22. The Morgan fingerprint density at radius 3 is 2.56 bits per heavy atom. The molecule has 0 saturated carbocycles. The van der Waals surface area contributed by atoms with Gasteiger partial charge in [0, 0.05) is 24.2 Å². The molecule has 0 fully saturated rings. The van der Waals surface area contributed by atoms with Crippen LogP contribution in [0.15, 0.2) is 24.3 Å². The van der Waals surface area contributed by atoms with Crippen LogP contribution in [0, 0.1) is 5.92 Å². The fourth-order valence-electron chi connectivity index (χ4n) is 1.99. The van der Waals surface area contributed by atoms with Gasteiger partial charge in [0.15, 0.2) is 0 Å². The molecule has 1 atom stereocenters. The highest BCUT2D eigenvalue weighted by Gasteiger charge is 2.16. The van der Waals surface area contributed by atoms with Gasteiger partial charge in [-0.2, -0.15) is 0 Å². The van der Waals surface area contributed by atoms with Crippen molar-refractivity contribution in [2.75, 3.05) is 20.1 Å². The molecule has 1 rings (SSSR count). The van der Waals surface area contributed by atoms with Gasteiger partial charge in [0.2, 0.25) is 0 Å². The summed E-state index contributed by atoms with van der Waals surface area (Å²) in [6, 6.07) is 8.20. The summed E-state index contributed by atoms with van der Waals surface area (Å²) in [6.07, 6.45) is 0. The van der Waals surface area contributed by atoms with Gasteiger partial charge in [0.25, 0.3) is 0 Å². The summed E-state index contributed by atoms with van der Waals surface area (Å²) >= 11 is 6.00. The van der Waals surface area contributed by atoms with Crippen molar-refractivity contribution in [3.8, 4) is 0 Å². The minimum atomic E-state index is 0.251. The third kappa shape index (κ3) is 3.78. The SMILES string of the molecule is CC(C)CN(C)C(CN)c1cccc(Cl)c1. The molecule has 16 heavy (non-hydrogen) atoms. The molecule has 0 amide bonds. The van der Waals surface area contributed by atoms with Crippen molar-refractivity contribution < 1.29 is 0 Å². The van der Waals surface area contributed by atoms with Crippen molar-refractivity contribution in [1.82, 2.24) is 4.90 Å². The molecule has 90 valence electrons. The molecule has 0 saturated heterocycles. The van der Waals surface area contributed by atoms with E-state index in [-0.39, 0.29) is 6.04 Å². The van der Waals surface area contributed by atoms with Gasteiger partial charge in [0.1, 0.15) is 0 Å². The van der Waals surface area contributed by atoms with Crippen LogP contribution in [0.25, 0.3) is 0 Å². The Labute approximate surface area is 103 Å². The van der Waals surface area contributed by atoms with Gasteiger partial charge in [-0.1, -0.05) is 37.6 Å². The normalized spacial score (nSPS) is 13.4. The van der Waals surface area contributed by atoms with Gasteiger partial charge in [-0.05, 0) is 30.7 Å². The third-order valence-electron chi connectivity index (χ3n) is 2.64. The van der Waals surface area contributed by atoms with Crippen molar-refractivity contribution in [3.63, 3.8) is 0 Å². The van der Waals surface area contributed by atoms with Crippen molar-refractivity contribution in [2.24, 2.45) is 11.7 Å². The molecule has 2 N–H and O–H groups in total. The van der Waals surface area contributed by atoms with Crippen LogP contribution in [0.1, 0.15) is 25.5 Å². The topological polar surface area (TPSA) is 29.3 Å². The molecule has 3 heteroatoms. The van der Waals surface area contributed by atoms with Crippen LogP contribution < -0.4 is 5.73 Å². The van der Waals surface area contributed by atoms with Gasteiger partial charge in [0.05, 0.1) is 0 Å². The summed E-state index contributed by atoms with van der Waals surface area (Å²) < 4.78 is 0. The quantitative estimate of drug-likeness (QED) is 0.858. The minimum Gasteiger partial charge on any atom is -0.329 e. The standard InChI is InChI=1S/C13H21ClN2/c1-10(2)9-16(3)13(8-15)11-5-4-6-12(14)7-11/h4-7,10,13H,8-9,15H2,1-3H3. The van der Waals surface area contributed by atoms with Gasteiger partial charge in [-0.25, -0.2) is 0 Å². The zero-order chi connectivity index (χ0) is 12.1. The predicted molar refractivity (Wildman–Crippen MR) is 70.7 cm³/mol. The molecule has 0 radical (unpaired) electrons. The predicted octanol–water partition coefficient (Wildman–Crippen LogP) is 2.93. The Balaban J connectivity index is 2.81. The minimum absolute atomic E-state index is 0.251. The Morgan fingerprint density at radius 1 is 1.38 bits per heavy atom. The molecule has 0 heterocycles. The average Bonchev–Trinajstić information content (AvgIpc) is 2.17. The number of likely N-dealkylation sites (N-methyl/N-ethyl adjacent to an activating group) is 1. The van der Waals surface area contributed by atoms with Crippen LogP contribution in [0.2, 0.25) is 5.02 Å². The highest BCUT2D eigenvalue weighted by atomic mass is 35.5. The molecule has 0 aliphatic carbocycles. The number of halogens is 1. The highest BCUT2D eigenvalue weighted by molar-refractivity contribution is 6.30. The maximum absolute atomic E-state index is 6.00. The number of rotatable bonds is 5. The maximum atomic E-state index is 6.00. The summed E-state index contributed by atoms with van der Waals surface area (Å²) in [5.41, 5.74) is 7.04. The van der Waals surface area contributed by atoms with Crippen molar-refractivity contribution in [1.29, 1.82) is 0 Å². The van der Waals surface area contributed by atoms with Crippen LogP contribution in [0.4, 0.5) is 0 Å². The van der Waals surface area contributed by atoms with E-state index in [1.54, 1.807) is 0 Å². The third-order valence-corrected chi connectivity index (χ3v) is 2.88. The second kappa shape index (κ2) is 6.24. The molecule has 1 unspecified atom stereocenters. The van der Waals surface area contributed by atoms with Crippen LogP contribution >= 0.6 is 11.6 Å². The first-order valence-corrected chi connectivity index (χ1v) is 6.08. The van der Waals surface area contributed by atoms with Gasteiger partial charge in [-0.3, -0.25) is 4.90 Å². The van der Waals surface area contributed by atoms with Gasteiger partial charge in [-0.15, -0.1) is 0 Å². The first kappa shape index (κ1) is 13.5. The number of hydrogen-bond acceptors (Lipinski definition) is 2. The Bertz CT molecular complexity index is 325. The summed E-state index contributed by atoms with van der Waals surface area (Å²) in [5.74, 6) is 0.637. The van der Waals surface area contributed by atoms with Crippen molar-refractivity contribution in [3.05, 3.63) is 34.9 Å². The van der Waals surface area contributed by atoms with E-state index in [2.05, 4.69) is 31.9 Å². The smallest absolute Gasteiger partial charge is 0.0468 e. The molecule has 0 aliphatic rings. The lowest BCUT2D eigenvalue weighted by molar-refractivity contribution is 0.224. The monoisotopic (exact) mass is 240 g/mol. The van der Waals surface area contributed by atoms with Crippen molar-refractivity contribution in [2.45, 2.75) is 19.9 Å². The zero-order valence-electron chi connectivity index (χ0n) is 10.3. The molecule has 1 aromatic rings. The Morgan fingerprint density at radius 2 is 2.06 bits per heavy atom. The Hall–Kier alpha value is -0.570. The summed E-state index contributed by atoms with van der Waals surface area (Å²) in [6.45, 7) is 6.07. The Kier molecular flexibility index (Phi) is 5.26. The molecule has 0 bridgehead atoms. The second-order valence-electron chi connectivity index (χ2n) is 4.64. The van der Waals surface area contributed by atoms with E-state index in [1.165, 1.54) is 5.56 Å². The molecular weight excluding hydrogens is 220 g/mol. The van der Waals surface area contributed by atoms with Crippen LogP contribution in [-0.2, 0) is 0 Å². The lowest BCUT2D eigenvalue weighted by atomic mass is 10.0. The van der Waals surface area contributed by atoms with E-state index in [0.717, 1.165) is 11.6 Å². The summed E-state index contributed by atoms with van der Waals surface area (Å²) in [4.78, 5) is 2.29. The first-order valence-electron chi connectivity index (χ1n) is 5.70. The van der Waals surface area contributed by atoms with E-state index in [4.69, 9.17) is 17.3 Å². The van der Waals surface area contributed by atoms with E-state index in [1.807, 2.05) is 18.2 Å². The fraction of sp³-hybridized carbons (Fsp3) is 0.538. The molecule has 0 spiro atoms. The summed E-state index contributed by atoms with van der Waals surface area (Å²) in [7, 11) is 2.11. The van der Waals surface area contributed by atoms with Crippen LogP contribution in [0.3, 0.4) is 0 Å². The van der Waals surface area contributed by atoms with E-state index in [9.17, 15) is 0 Å². The van der Waals surface area contributed by atoms with Crippen molar-refractivity contribution >= 4 is 11.6 Å². The maximum Gasteiger partial charge on any atom is 0.0468 e.